The van der Waals surface area contributed by atoms with Crippen LogP contribution in [0.1, 0.15) is 42.1 Å². The number of Topliss-reactive ketones (excluding diaryl/α,β-unsaturated/α-hetero) is 1. The molecule has 2 rings (SSSR count). The molecule has 2 aromatic rings. The summed E-state index contributed by atoms with van der Waals surface area (Å²) < 4.78 is 10.4. The molecule has 0 atom stereocenters. The molecule has 0 unspecified atom stereocenters. The number of amides is 1. The minimum atomic E-state index is -0.587. The van der Waals surface area contributed by atoms with Crippen molar-refractivity contribution < 1.29 is 23.9 Å². The van der Waals surface area contributed by atoms with Crippen LogP contribution in [0, 0.1) is 6.92 Å². The Balaban J connectivity index is 1.72. The third kappa shape index (κ3) is 6.87. The van der Waals surface area contributed by atoms with Crippen molar-refractivity contribution in [1.82, 2.24) is 0 Å². The van der Waals surface area contributed by atoms with E-state index in [2.05, 4.69) is 5.32 Å². The fourth-order valence-corrected chi connectivity index (χ4v) is 2.43. The van der Waals surface area contributed by atoms with E-state index < -0.39 is 11.9 Å². The van der Waals surface area contributed by atoms with Crippen molar-refractivity contribution in [1.29, 1.82) is 0 Å². The standard InChI is InChI=1S/C22H25NO5/c1-3-14-27-18-10-8-17(9-11-18)20(24)12-13-22(26)28-15-21(25)23-19-7-5-4-6-16(19)2/h4-11H,3,12-15H2,1-2H3,(H,23,25). The molecule has 0 heterocycles. The van der Waals surface area contributed by atoms with Crippen LogP contribution in [-0.4, -0.2) is 30.9 Å². The van der Waals surface area contributed by atoms with Gasteiger partial charge in [-0.3, -0.25) is 14.4 Å². The van der Waals surface area contributed by atoms with Gasteiger partial charge in [0.05, 0.1) is 13.0 Å². The van der Waals surface area contributed by atoms with Crippen molar-refractivity contribution in [3.8, 4) is 5.75 Å². The van der Waals surface area contributed by atoms with Gasteiger partial charge in [0, 0.05) is 17.7 Å². The van der Waals surface area contributed by atoms with E-state index in [0.29, 0.717) is 23.6 Å². The van der Waals surface area contributed by atoms with Crippen molar-refractivity contribution in [2.45, 2.75) is 33.1 Å². The zero-order chi connectivity index (χ0) is 20.4. The molecular formula is C22H25NO5. The summed E-state index contributed by atoms with van der Waals surface area (Å²) in [5.41, 5.74) is 2.10. The lowest BCUT2D eigenvalue weighted by Gasteiger charge is -2.09. The van der Waals surface area contributed by atoms with Gasteiger partial charge in [0.1, 0.15) is 5.75 Å². The molecule has 0 aliphatic heterocycles. The molecule has 28 heavy (non-hydrogen) atoms. The summed E-state index contributed by atoms with van der Waals surface area (Å²) >= 11 is 0. The van der Waals surface area contributed by atoms with Crippen molar-refractivity contribution in [3.63, 3.8) is 0 Å². The highest BCUT2D eigenvalue weighted by Gasteiger charge is 2.12. The summed E-state index contributed by atoms with van der Waals surface area (Å²) in [7, 11) is 0. The Hall–Kier alpha value is -3.15. The largest absolute Gasteiger partial charge is 0.494 e. The highest BCUT2D eigenvalue weighted by atomic mass is 16.5. The van der Waals surface area contributed by atoms with E-state index in [1.54, 1.807) is 30.3 Å². The van der Waals surface area contributed by atoms with Crippen LogP contribution in [0.3, 0.4) is 0 Å². The minimum absolute atomic E-state index is 0.0212. The number of esters is 1. The predicted octanol–water partition coefficient (Wildman–Crippen LogP) is 3.93. The molecule has 0 aromatic heterocycles. The van der Waals surface area contributed by atoms with Crippen molar-refractivity contribution >= 4 is 23.3 Å². The van der Waals surface area contributed by atoms with Crippen LogP contribution in [0.15, 0.2) is 48.5 Å². The van der Waals surface area contributed by atoms with Crippen LogP contribution in [0.2, 0.25) is 0 Å². The van der Waals surface area contributed by atoms with Crippen LogP contribution in [0.4, 0.5) is 5.69 Å². The van der Waals surface area contributed by atoms with Gasteiger partial charge in [0.2, 0.25) is 0 Å². The molecule has 0 aliphatic rings. The maximum Gasteiger partial charge on any atom is 0.306 e. The highest BCUT2D eigenvalue weighted by Crippen LogP contribution is 2.15. The first kappa shape index (κ1) is 21.2. The van der Waals surface area contributed by atoms with Crippen molar-refractivity contribution in [3.05, 3.63) is 59.7 Å². The molecule has 6 nitrogen and oxygen atoms in total. The molecule has 148 valence electrons. The number of hydrogen-bond donors (Lipinski definition) is 1. The van der Waals surface area contributed by atoms with Gasteiger partial charge in [-0.15, -0.1) is 0 Å². The van der Waals surface area contributed by atoms with Gasteiger partial charge in [-0.25, -0.2) is 0 Å². The Morgan fingerprint density at radius 2 is 1.68 bits per heavy atom. The molecular weight excluding hydrogens is 358 g/mol. The summed E-state index contributed by atoms with van der Waals surface area (Å²) in [6.07, 6.45) is 0.851. The van der Waals surface area contributed by atoms with Crippen molar-refractivity contribution in [2.24, 2.45) is 0 Å². The van der Waals surface area contributed by atoms with Crippen LogP contribution in [0.25, 0.3) is 0 Å². The SMILES string of the molecule is CCCOc1ccc(C(=O)CCC(=O)OCC(=O)Nc2ccccc2C)cc1. The number of ether oxygens (including phenoxy) is 2. The number of rotatable bonds is 10. The van der Waals surface area contributed by atoms with E-state index in [1.807, 2.05) is 32.0 Å². The van der Waals surface area contributed by atoms with Crippen LogP contribution in [-0.2, 0) is 14.3 Å². The maximum absolute atomic E-state index is 12.2. The van der Waals surface area contributed by atoms with E-state index in [4.69, 9.17) is 9.47 Å². The molecule has 2 aromatic carbocycles. The fourth-order valence-electron chi connectivity index (χ4n) is 2.43. The molecule has 6 heteroatoms. The first-order chi connectivity index (χ1) is 13.5. The molecule has 0 saturated heterocycles. The van der Waals surface area contributed by atoms with E-state index >= 15 is 0 Å². The second-order valence-corrected chi connectivity index (χ2v) is 6.32. The quantitative estimate of drug-likeness (QED) is 0.497. The Morgan fingerprint density at radius 3 is 2.36 bits per heavy atom. The molecule has 0 bridgehead atoms. The van der Waals surface area contributed by atoms with Gasteiger partial charge in [0.25, 0.3) is 5.91 Å². The topological polar surface area (TPSA) is 81.7 Å². The highest BCUT2D eigenvalue weighted by molar-refractivity contribution is 5.98. The molecule has 0 fully saturated rings. The van der Waals surface area contributed by atoms with Gasteiger partial charge in [0.15, 0.2) is 12.4 Å². The second-order valence-electron chi connectivity index (χ2n) is 6.32. The molecule has 1 N–H and O–H groups in total. The van der Waals surface area contributed by atoms with Gasteiger partial charge in [-0.05, 0) is 49.2 Å². The number of nitrogens with one attached hydrogen (secondary N) is 1. The zero-order valence-corrected chi connectivity index (χ0v) is 16.2. The third-order valence-corrected chi connectivity index (χ3v) is 3.99. The second kappa shape index (κ2) is 10.9. The number of carbonyl (C=O) groups excluding carboxylic acids is 3. The number of anilines is 1. The molecule has 0 saturated carbocycles. The summed E-state index contributed by atoms with van der Waals surface area (Å²) in [4.78, 5) is 35.8. The van der Waals surface area contributed by atoms with E-state index in [1.165, 1.54) is 0 Å². The molecule has 1 amide bonds. The van der Waals surface area contributed by atoms with Crippen molar-refractivity contribution in [2.75, 3.05) is 18.5 Å². The van der Waals surface area contributed by atoms with Gasteiger partial charge in [-0.1, -0.05) is 25.1 Å². The van der Waals surface area contributed by atoms with Crippen LogP contribution < -0.4 is 10.1 Å². The summed E-state index contributed by atoms with van der Waals surface area (Å²) in [5.74, 6) is -0.464. The Kier molecular flexibility index (Phi) is 8.21. The lowest BCUT2D eigenvalue weighted by atomic mass is 10.1. The number of aryl methyl sites for hydroxylation is 1. The monoisotopic (exact) mass is 383 g/mol. The van der Waals surface area contributed by atoms with Gasteiger partial charge in [-0.2, -0.15) is 0 Å². The summed E-state index contributed by atoms with van der Waals surface area (Å²) in [5, 5.41) is 2.68. The predicted molar refractivity (Wildman–Crippen MR) is 107 cm³/mol. The number of para-hydroxylation sites is 1. The lowest BCUT2D eigenvalue weighted by molar-refractivity contribution is -0.147. The zero-order valence-electron chi connectivity index (χ0n) is 16.2. The Labute approximate surface area is 164 Å². The molecule has 0 aliphatic carbocycles. The van der Waals surface area contributed by atoms with E-state index in [9.17, 15) is 14.4 Å². The van der Waals surface area contributed by atoms with Crippen LogP contribution >= 0.6 is 0 Å². The number of carbonyl (C=O) groups is 3. The minimum Gasteiger partial charge on any atom is -0.494 e. The van der Waals surface area contributed by atoms with Gasteiger partial charge < -0.3 is 14.8 Å². The average Bonchev–Trinajstić information content (AvgIpc) is 2.71. The molecule has 0 spiro atoms. The summed E-state index contributed by atoms with van der Waals surface area (Å²) in [6, 6.07) is 14.1. The molecule has 0 radical (unpaired) electrons. The van der Waals surface area contributed by atoms with E-state index in [0.717, 1.165) is 12.0 Å². The van der Waals surface area contributed by atoms with Crippen LogP contribution in [0.5, 0.6) is 5.75 Å². The normalized spacial score (nSPS) is 10.2. The number of ketones is 1. The summed E-state index contributed by atoms with van der Waals surface area (Å²) in [6.45, 7) is 4.13. The number of hydrogen-bond acceptors (Lipinski definition) is 5. The van der Waals surface area contributed by atoms with E-state index in [-0.39, 0.29) is 25.2 Å². The third-order valence-electron chi connectivity index (χ3n) is 3.99. The maximum atomic E-state index is 12.2. The smallest absolute Gasteiger partial charge is 0.306 e. The average molecular weight is 383 g/mol. The first-order valence-electron chi connectivity index (χ1n) is 9.26. The van der Waals surface area contributed by atoms with Gasteiger partial charge >= 0.3 is 5.97 Å². The Bertz CT molecular complexity index is 814. The lowest BCUT2D eigenvalue weighted by Crippen LogP contribution is -2.21. The first-order valence-corrected chi connectivity index (χ1v) is 9.26. The Morgan fingerprint density at radius 1 is 0.964 bits per heavy atom. The fraction of sp³-hybridized carbons (Fsp3) is 0.318. The number of benzene rings is 2.